The normalized spacial score (nSPS) is 10.6. The molecule has 3 aromatic rings. The fourth-order valence-corrected chi connectivity index (χ4v) is 3.14. The smallest absolute Gasteiger partial charge is 0.234 e. The van der Waals surface area contributed by atoms with Crippen molar-refractivity contribution >= 4 is 39.3 Å². The van der Waals surface area contributed by atoms with Gasteiger partial charge in [-0.05, 0) is 37.3 Å². The molecule has 2 aromatic carbocycles. The van der Waals surface area contributed by atoms with Crippen molar-refractivity contribution in [2.75, 3.05) is 16.9 Å². The Labute approximate surface area is 157 Å². The fourth-order valence-electron chi connectivity index (χ4n) is 2.22. The SMILES string of the molecule is Cc1cccc(-c2nnc(SCC(=O)Nc3ccc(Br)cc3)n2N)c1. The minimum Gasteiger partial charge on any atom is -0.335 e. The van der Waals surface area contributed by atoms with Gasteiger partial charge >= 0.3 is 0 Å². The molecule has 0 radical (unpaired) electrons. The molecule has 0 bridgehead atoms. The van der Waals surface area contributed by atoms with E-state index in [1.165, 1.54) is 16.4 Å². The average molecular weight is 418 g/mol. The van der Waals surface area contributed by atoms with E-state index in [1.807, 2.05) is 55.5 Å². The summed E-state index contributed by atoms with van der Waals surface area (Å²) in [7, 11) is 0. The van der Waals surface area contributed by atoms with Crippen molar-refractivity contribution in [1.82, 2.24) is 14.9 Å². The van der Waals surface area contributed by atoms with Gasteiger partial charge in [-0.15, -0.1) is 10.2 Å². The molecule has 0 aliphatic heterocycles. The first-order valence-corrected chi connectivity index (χ1v) is 9.26. The number of nitrogens with one attached hydrogen (secondary N) is 1. The van der Waals surface area contributed by atoms with Crippen LogP contribution in [-0.4, -0.2) is 26.5 Å². The molecule has 8 heteroatoms. The molecule has 25 heavy (non-hydrogen) atoms. The summed E-state index contributed by atoms with van der Waals surface area (Å²) in [5.74, 6) is 6.71. The number of carbonyl (C=O) groups is 1. The number of hydrogen-bond acceptors (Lipinski definition) is 5. The summed E-state index contributed by atoms with van der Waals surface area (Å²) in [6.45, 7) is 2.00. The predicted octanol–water partition coefficient (Wildman–Crippen LogP) is 3.46. The second-order valence-electron chi connectivity index (χ2n) is 5.39. The summed E-state index contributed by atoms with van der Waals surface area (Å²) in [5, 5.41) is 11.5. The zero-order chi connectivity index (χ0) is 17.8. The van der Waals surface area contributed by atoms with Crippen LogP contribution < -0.4 is 11.2 Å². The van der Waals surface area contributed by atoms with Gasteiger partial charge in [0.05, 0.1) is 5.75 Å². The number of nitrogens with zero attached hydrogens (tertiary/aromatic N) is 3. The third kappa shape index (κ3) is 4.40. The van der Waals surface area contributed by atoms with Crippen LogP contribution in [-0.2, 0) is 4.79 Å². The molecule has 0 spiro atoms. The van der Waals surface area contributed by atoms with Crippen LogP contribution in [0, 0.1) is 6.92 Å². The number of thioether (sulfide) groups is 1. The Bertz CT molecular complexity index is 894. The van der Waals surface area contributed by atoms with Crippen LogP contribution in [0.4, 0.5) is 5.69 Å². The molecule has 0 saturated carbocycles. The van der Waals surface area contributed by atoms with Crippen molar-refractivity contribution in [3.8, 4) is 11.4 Å². The summed E-state index contributed by atoms with van der Waals surface area (Å²) >= 11 is 4.60. The predicted molar refractivity (Wildman–Crippen MR) is 104 cm³/mol. The summed E-state index contributed by atoms with van der Waals surface area (Å²) in [4.78, 5) is 12.1. The highest BCUT2D eigenvalue weighted by atomic mass is 79.9. The second kappa shape index (κ2) is 7.71. The monoisotopic (exact) mass is 417 g/mol. The number of rotatable bonds is 5. The van der Waals surface area contributed by atoms with Crippen LogP contribution >= 0.6 is 27.7 Å². The molecule has 0 atom stereocenters. The molecule has 3 N–H and O–H groups in total. The molecular formula is C17H16BrN5OS. The molecule has 1 amide bonds. The van der Waals surface area contributed by atoms with Crippen LogP contribution in [0.2, 0.25) is 0 Å². The van der Waals surface area contributed by atoms with Crippen LogP contribution in [0.5, 0.6) is 0 Å². The summed E-state index contributed by atoms with van der Waals surface area (Å²) in [6, 6.07) is 15.3. The number of hydrogen-bond donors (Lipinski definition) is 2. The summed E-state index contributed by atoms with van der Waals surface area (Å²) in [5.41, 5.74) is 2.74. The van der Waals surface area contributed by atoms with Gasteiger partial charge in [0, 0.05) is 15.7 Å². The highest BCUT2D eigenvalue weighted by molar-refractivity contribution is 9.10. The number of carbonyl (C=O) groups excluding carboxylic acids is 1. The van der Waals surface area contributed by atoms with Crippen molar-refractivity contribution in [3.05, 3.63) is 58.6 Å². The van der Waals surface area contributed by atoms with Crippen LogP contribution in [0.1, 0.15) is 5.56 Å². The molecule has 3 rings (SSSR count). The Morgan fingerprint density at radius 1 is 1.24 bits per heavy atom. The van der Waals surface area contributed by atoms with E-state index < -0.39 is 0 Å². The van der Waals surface area contributed by atoms with E-state index in [1.54, 1.807) is 0 Å². The summed E-state index contributed by atoms with van der Waals surface area (Å²) < 4.78 is 2.37. The van der Waals surface area contributed by atoms with Gasteiger partial charge in [0.2, 0.25) is 11.1 Å². The minimum absolute atomic E-state index is 0.132. The Balaban J connectivity index is 1.64. The average Bonchev–Trinajstić information content (AvgIpc) is 2.96. The topological polar surface area (TPSA) is 85.8 Å². The standard InChI is InChI=1S/C17H16BrN5OS/c1-11-3-2-4-12(9-11)16-21-22-17(23(16)19)25-10-15(24)20-14-7-5-13(18)6-8-14/h2-9H,10,19H2,1H3,(H,20,24). The van der Waals surface area contributed by atoms with E-state index in [0.717, 1.165) is 21.3 Å². The maximum absolute atomic E-state index is 12.1. The lowest BCUT2D eigenvalue weighted by Gasteiger charge is -2.06. The molecular weight excluding hydrogens is 402 g/mol. The Kier molecular flexibility index (Phi) is 5.40. The lowest BCUT2D eigenvalue weighted by atomic mass is 10.1. The Morgan fingerprint density at radius 2 is 2.00 bits per heavy atom. The quantitative estimate of drug-likeness (QED) is 0.490. The maximum atomic E-state index is 12.1. The van der Waals surface area contributed by atoms with Crippen LogP contribution in [0.3, 0.4) is 0 Å². The first-order valence-electron chi connectivity index (χ1n) is 7.48. The molecule has 0 aliphatic carbocycles. The highest BCUT2D eigenvalue weighted by Gasteiger charge is 2.14. The van der Waals surface area contributed by atoms with E-state index in [2.05, 4.69) is 31.4 Å². The molecule has 6 nitrogen and oxygen atoms in total. The van der Waals surface area contributed by atoms with E-state index >= 15 is 0 Å². The van der Waals surface area contributed by atoms with Gasteiger partial charge in [-0.25, -0.2) is 4.68 Å². The first kappa shape index (κ1) is 17.5. The van der Waals surface area contributed by atoms with E-state index in [4.69, 9.17) is 5.84 Å². The maximum Gasteiger partial charge on any atom is 0.234 e. The van der Waals surface area contributed by atoms with Gasteiger partial charge in [0.1, 0.15) is 0 Å². The van der Waals surface area contributed by atoms with Gasteiger partial charge in [0.15, 0.2) is 5.82 Å². The van der Waals surface area contributed by atoms with Gasteiger partial charge in [0.25, 0.3) is 0 Å². The van der Waals surface area contributed by atoms with Crippen molar-refractivity contribution in [2.45, 2.75) is 12.1 Å². The number of halogens is 1. The van der Waals surface area contributed by atoms with E-state index in [9.17, 15) is 4.79 Å². The van der Waals surface area contributed by atoms with Gasteiger partial charge in [-0.3, -0.25) is 4.79 Å². The van der Waals surface area contributed by atoms with Crippen molar-refractivity contribution in [2.24, 2.45) is 0 Å². The fraction of sp³-hybridized carbons (Fsp3) is 0.118. The lowest BCUT2D eigenvalue weighted by Crippen LogP contribution is -2.16. The molecule has 1 aromatic heterocycles. The first-order chi connectivity index (χ1) is 12.0. The molecule has 1 heterocycles. The zero-order valence-electron chi connectivity index (χ0n) is 13.4. The third-order valence-electron chi connectivity index (χ3n) is 3.40. The molecule has 0 fully saturated rings. The molecule has 0 unspecified atom stereocenters. The molecule has 128 valence electrons. The van der Waals surface area contributed by atoms with Crippen molar-refractivity contribution in [3.63, 3.8) is 0 Å². The van der Waals surface area contributed by atoms with E-state index in [0.29, 0.717) is 11.0 Å². The van der Waals surface area contributed by atoms with Gasteiger partial charge < -0.3 is 11.2 Å². The van der Waals surface area contributed by atoms with Crippen LogP contribution in [0.25, 0.3) is 11.4 Å². The van der Waals surface area contributed by atoms with E-state index in [-0.39, 0.29) is 11.7 Å². The molecule has 0 aliphatic rings. The summed E-state index contributed by atoms with van der Waals surface area (Å²) in [6.07, 6.45) is 0. The zero-order valence-corrected chi connectivity index (χ0v) is 15.8. The lowest BCUT2D eigenvalue weighted by molar-refractivity contribution is -0.113. The minimum atomic E-state index is -0.132. The van der Waals surface area contributed by atoms with Gasteiger partial charge in [-0.2, -0.15) is 0 Å². The largest absolute Gasteiger partial charge is 0.335 e. The number of aryl methyl sites for hydroxylation is 1. The van der Waals surface area contributed by atoms with Crippen LogP contribution in [0.15, 0.2) is 58.2 Å². The Morgan fingerprint density at radius 3 is 2.72 bits per heavy atom. The highest BCUT2D eigenvalue weighted by Crippen LogP contribution is 2.22. The number of nitrogen functional groups attached to an aromatic ring is 1. The molecule has 0 saturated heterocycles. The Hall–Kier alpha value is -2.32. The number of benzene rings is 2. The van der Waals surface area contributed by atoms with Crippen molar-refractivity contribution < 1.29 is 4.79 Å². The van der Waals surface area contributed by atoms with Crippen molar-refractivity contribution in [1.29, 1.82) is 0 Å². The number of aromatic nitrogens is 3. The number of amides is 1. The number of nitrogens with two attached hydrogens (primary N) is 1. The number of anilines is 1. The third-order valence-corrected chi connectivity index (χ3v) is 4.87. The second-order valence-corrected chi connectivity index (χ2v) is 7.25. The van der Waals surface area contributed by atoms with Gasteiger partial charge in [-0.1, -0.05) is 51.5 Å².